The molecule has 0 unspecified atom stereocenters. The highest BCUT2D eigenvalue weighted by molar-refractivity contribution is 6.30. The van der Waals surface area contributed by atoms with Crippen molar-refractivity contribution < 1.29 is 18.9 Å². The number of halogens is 1. The van der Waals surface area contributed by atoms with Crippen LogP contribution in [0, 0.1) is 10.1 Å². The number of benzene rings is 2. The van der Waals surface area contributed by atoms with Crippen LogP contribution in [-0.4, -0.2) is 23.7 Å². The third-order valence-corrected chi connectivity index (χ3v) is 4.07. The SMILES string of the molecule is CCOc1ccc(C(=O)N/N=C/c2ccc(-c3ccc(Cl)cc3[N+](=O)[O-])o2)cc1. The molecule has 0 saturated carbocycles. The minimum Gasteiger partial charge on any atom is -0.494 e. The van der Waals surface area contributed by atoms with E-state index in [1.54, 1.807) is 36.4 Å². The van der Waals surface area contributed by atoms with Crippen molar-refractivity contribution in [3.05, 3.63) is 81.1 Å². The first-order valence-corrected chi connectivity index (χ1v) is 8.96. The molecule has 1 heterocycles. The molecule has 1 amide bonds. The number of hydrogen-bond donors (Lipinski definition) is 1. The maximum absolute atomic E-state index is 12.1. The average molecular weight is 414 g/mol. The third kappa shape index (κ3) is 4.99. The third-order valence-electron chi connectivity index (χ3n) is 3.83. The molecule has 8 nitrogen and oxygen atoms in total. The lowest BCUT2D eigenvalue weighted by molar-refractivity contribution is -0.384. The molecular formula is C20H16ClN3O5. The zero-order chi connectivity index (χ0) is 20.8. The molecule has 9 heteroatoms. The number of ether oxygens (including phenoxy) is 1. The summed E-state index contributed by atoms with van der Waals surface area (Å²) in [5.41, 5.74) is 2.93. The number of nitro groups is 1. The van der Waals surface area contributed by atoms with Gasteiger partial charge in [-0.2, -0.15) is 5.10 Å². The van der Waals surface area contributed by atoms with E-state index in [0.29, 0.717) is 23.7 Å². The molecule has 0 radical (unpaired) electrons. The van der Waals surface area contributed by atoms with Gasteiger partial charge in [0.05, 0.1) is 23.3 Å². The van der Waals surface area contributed by atoms with Crippen LogP contribution in [0.25, 0.3) is 11.3 Å². The van der Waals surface area contributed by atoms with Crippen LogP contribution in [0.2, 0.25) is 5.02 Å². The number of carbonyl (C=O) groups excluding carboxylic acids is 1. The number of carbonyl (C=O) groups is 1. The number of furan rings is 1. The first-order chi connectivity index (χ1) is 14.0. The summed E-state index contributed by atoms with van der Waals surface area (Å²) in [7, 11) is 0. The second-order valence-electron chi connectivity index (χ2n) is 5.78. The van der Waals surface area contributed by atoms with Crippen LogP contribution < -0.4 is 10.2 Å². The average Bonchev–Trinajstić information content (AvgIpc) is 3.17. The minimum absolute atomic E-state index is 0.167. The van der Waals surface area contributed by atoms with E-state index in [4.69, 9.17) is 20.8 Å². The van der Waals surface area contributed by atoms with E-state index in [1.807, 2.05) is 6.92 Å². The fraction of sp³-hybridized carbons (Fsp3) is 0.100. The number of nitrogens with one attached hydrogen (secondary N) is 1. The second kappa shape index (κ2) is 9.03. The van der Waals surface area contributed by atoms with Gasteiger partial charge in [0.2, 0.25) is 0 Å². The first-order valence-electron chi connectivity index (χ1n) is 8.58. The summed E-state index contributed by atoms with van der Waals surface area (Å²) < 4.78 is 10.9. The first kappa shape index (κ1) is 20.1. The number of nitro benzene ring substituents is 1. The van der Waals surface area contributed by atoms with Crippen LogP contribution in [0.5, 0.6) is 5.75 Å². The van der Waals surface area contributed by atoms with Crippen LogP contribution in [-0.2, 0) is 0 Å². The van der Waals surface area contributed by atoms with Gasteiger partial charge in [-0.15, -0.1) is 0 Å². The van der Waals surface area contributed by atoms with Crippen LogP contribution >= 0.6 is 11.6 Å². The summed E-state index contributed by atoms with van der Waals surface area (Å²) in [6.07, 6.45) is 1.30. The van der Waals surface area contributed by atoms with E-state index < -0.39 is 10.8 Å². The van der Waals surface area contributed by atoms with Gasteiger partial charge >= 0.3 is 0 Å². The largest absolute Gasteiger partial charge is 0.494 e. The Morgan fingerprint density at radius 3 is 2.69 bits per heavy atom. The summed E-state index contributed by atoms with van der Waals surface area (Å²) in [6, 6.07) is 14.1. The van der Waals surface area contributed by atoms with E-state index in [-0.39, 0.29) is 22.0 Å². The highest BCUT2D eigenvalue weighted by Gasteiger charge is 2.18. The molecule has 2 aromatic carbocycles. The second-order valence-corrected chi connectivity index (χ2v) is 6.21. The van der Waals surface area contributed by atoms with Gasteiger partial charge in [-0.25, -0.2) is 5.43 Å². The molecule has 0 aliphatic heterocycles. The number of nitrogens with zero attached hydrogens (tertiary/aromatic N) is 2. The molecule has 0 aliphatic carbocycles. The highest BCUT2D eigenvalue weighted by Crippen LogP contribution is 2.33. The molecule has 0 spiro atoms. The van der Waals surface area contributed by atoms with Gasteiger partial charge < -0.3 is 9.15 Å². The maximum Gasteiger partial charge on any atom is 0.281 e. The molecule has 1 aromatic heterocycles. The van der Waals surface area contributed by atoms with E-state index >= 15 is 0 Å². The normalized spacial score (nSPS) is 10.8. The molecule has 0 saturated heterocycles. The quantitative estimate of drug-likeness (QED) is 0.344. The van der Waals surface area contributed by atoms with Gasteiger partial charge in [-0.3, -0.25) is 14.9 Å². The number of amides is 1. The van der Waals surface area contributed by atoms with Crippen LogP contribution in [0.1, 0.15) is 23.0 Å². The Labute approximate surface area is 170 Å². The molecule has 148 valence electrons. The van der Waals surface area contributed by atoms with Crippen molar-refractivity contribution in [1.82, 2.24) is 5.43 Å². The summed E-state index contributed by atoms with van der Waals surface area (Å²) in [4.78, 5) is 22.8. The molecule has 0 aliphatic rings. The molecule has 29 heavy (non-hydrogen) atoms. The lowest BCUT2D eigenvalue weighted by atomic mass is 10.1. The predicted octanol–water partition coefficient (Wildman–Crippen LogP) is 4.67. The zero-order valence-electron chi connectivity index (χ0n) is 15.3. The van der Waals surface area contributed by atoms with Gasteiger partial charge in [-0.1, -0.05) is 11.6 Å². The van der Waals surface area contributed by atoms with Crippen LogP contribution in [0.3, 0.4) is 0 Å². The maximum atomic E-state index is 12.1. The van der Waals surface area contributed by atoms with Crippen molar-refractivity contribution in [3.63, 3.8) is 0 Å². The van der Waals surface area contributed by atoms with Crippen LogP contribution in [0.15, 0.2) is 64.1 Å². The molecule has 3 aromatic rings. The molecule has 0 fully saturated rings. The van der Waals surface area contributed by atoms with Gasteiger partial charge in [0.15, 0.2) is 0 Å². The number of rotatable bonds is 7. The summed E-state index contributed by atoms with van der Waals surface area (Å²) in [5.74, 6) is 0.875. The van der Waals surface area contributed by atoms with Gasteiger partial charge in [-0.05, 0) is 55.5 Å². The molecule has 0 bridgehead atoms. The van der Waals surface area contributed by atoms with E-state index in [0.717, 1.165) is 0 Å². The van der Waals surface area contributed by atoms with Crippen molar-refractivity contribution in [2.75, 3.05) is 6.61 Å². The van der Waals surface area contributed by atoms with E-state index in [2.05, 4.69) is 10.5 Å². The number of hydrazone groups is 1. The van der Waals surface area contributed by atoms with E-state index in [9.17, 15) is 14.9 Å². The minimum atomic E-state index is -0.533. The standard InChI is InChI=1S/C20H16ClN3O5/c1-2-28-15-6-3-13(4-7-15)20(25)23-22-12-16-8-10-19(29-16)17-9-5-14(21)11-18(17)24(26)27/h3-12H,2H2,1H3,(H,23,25)/b22-12+. The Morgan fingerprint density at radius 2 is 2.00 bits per heavy atom. The van der Waals surface area contributed by atoms with Crippen molar-refractivity contribution in [2.24, 2.45) is 5.10 Å². The Bertz CT molecular complexity index is 1060. The van der Waals surface area contributed by atoms with Gasteiger partial charge in [0.25, 0.3) is 11.6 Å². The van der Waals surface area contributed by atoms with Crippen molar-refractivity contribution in [1.29, 1.82) is 0 Å². The molecule has 3 rings (SSSR count). The monoisotopic (exact) mass is 413 g/mol. The predicted molar refractivity (Wildman–Crippen MR) is 108 cm³/mol. The lowest BCUT2D eigenvalue weighted by Gasteiger charge is -2.03. The summed E-state index contributed by atoms with van der Waals surface area (Å²) >= 11 is 5.82. The van der Waals surface area contributed by atoms with Crippen molar-refractivity contribution in [3.8, 4) is 17.1 Å². The fourth-order valence-electron chi connectivity index (χ4n) is 2.52. The molecular weight excluding hydrogens is 398 g/mol. The molecule has 1 N–H and O–H groups in total. The zero-order valence-corrected chi connectivity index (χ0v) is 16.1. The summed E-state index contributed by atoms with van der Waals surface area (Å²) in [5, 5.41) is 15.3. The summed E-state index contributed by atoms with van der Waals surface area (Å²) in [6.45, 7) is 2.42. The topological polar surface area (TPSA) is 107 Å². The van der Waals surface area contributed by atoms with Gasteiger partial charge in [0, 0.05) is 16.7 Å². The van der Waals surface area contributed by atoms with Crippen LogP contribution in [0.4, 0.5) is 5.69 Å². The van der Waals surface area contributed by atoms with E-state index in [1.165, 1.54) is 24.4 Å². The van der Waals surface area contributed by atoms with Crippen molar-refractivity contribution in [2.45, 2.75) is 6.92 Å². The van der Waals surface area contributed by atoms with Gasteiger partial charge in [0.1, 0.15) is 17.3 Å². The van der Waals surface area contributed by atoms with Crippen molar-refractivity contribution >= 4 is 29.4 Å². The number of hydrogen-bond acceptors (Lipinski definition) is 6. The Balaban J connectivity index is 1.68. The Hall–Kier alpha value is -3.65. The fourth-order valence-corrected chi connectivity index (χ4v) is 2.69. The highest BCUT2D eigenvalue weighted by atomic mass is 35.5. The Kier molecular flexibility index (Phi) is 6.25. The Morgan fingerprint density at radius 1 is 1.24 bits per heavy atom. The smallest absolute Gasteiger partial charge is 0.281 e. The lowest BCUT2D eigenvalue weighted by Crippen LogP contribution is -2.17. The molecule has 0 atom stereocenters.